The number of carbonyl (C=O) groups is 1. The summed E-state index contributed by atoms with van der Waals surface area (Å²) >= 11 is 0. The lowest BCUT2D eigenvalue weighted by Crippen LogP contribution is -2.17. The molecule has 148 valence electrons. The van der Waals surface area contributed by atoms with E-state index in [2.05, 4.69) is 10.5 Å². The highest BCUT2D eigenvalue weighted by atomic mass is 19.1. The van der Waals surface area contributed by atoms with Gasteiger partial charge in [0.15, 0.2) is 11.5 Å². The van der Waals surface area contributed by atoms with Gasteiger partial charge in [0.05, 0.1) is 13.3 Å². The van der Waals surface area contributed by atoms with E-state index >= 15 is 0 Å². The van der Waals surface area contributed by atoms with E-state index in [1.807, 2.05) is 0 Å². The largest absolute Gasteiger partial charge is 0.493 e. The maximum atomic E-state index is 13.2. The zero-order valence-corrected chi connectivity index (χ0v) is 15.6. The van der Waals surface area contributed by atoms with Crippen molar-refractivity contribution in [3.8, 4) is 11.5 Å². The summed E-state index contributed by atoms with van der Waals surface area (Å²) in [6.07, 6.45) is 1.43. The van der Waals surface area contributed by atoms with Crippen LogP contribution in [0.4, 0.5) is 8.78 Å². The van der Waals surface area contributed by atoms with Gasteiger partial charge in [-0.05, 0) is 59.7 Å². The quantitative estimate of drug-likeness (QED) is 0.478. The summed E-state index contributed by atoms with van der Waals surface area (Å²) in [6, 6.07) is 16.5. The maximum absolute atomic E-state index is 13.2. The molecular weight excluding hydrogens is 378 g/mol. The first-order valence-corrected chi connectivity index (χ1v) is 8.69. The molecule has 3 aromatic rings. The minimum atomic E-state index is -0.521. The molecule has 0 aliphatic carbocycles. The predicted octanol–water partition coefficient (Wildman–Crippen LogP) is 4.32. The minimum absolute atomic E-state index is 0.171. The Balaban J connectivity index is 1.62. The molecule has 0 saturated heterocycles. The normalized spacial score (nSPS) is 10.7. The highest BCUT2D eigenvalue weighted by molar-refractivity contribution is 5.94. The molecule has 0 spiro atoms. The van der Waals surface area contributed by atoms with Crippen LogP contribution < -0.4 is 14.9 Å². The second kappa shape index (κ2) is 9.45. The molecule has 0 atom stereocenters. The topological polar surface area (TPSA) is 59.9 Å². The van der Waals surface area contributed by atoms with Gasteiger partial charge in [0.1, 0.15) is 18.2 Å². The fourth-order valence-electron chi connectivity index (χ4n) is 2.49. The van der Waals surface area contributed by atoms with E-state index in [0.717, 1.165) is 11.6 Å². The lowest BCUT2D eigenvalue weighted by atomic mass is 10.2. The number of methoxy groups -OCH3 is 1. The van der Waals surface area contributed by atoms with Crippen molar-refractivity contribution in [1.82, 2.24) is 5.43 Å². The van der Waals surface area contributed by atoms with Crippen LogP contribution in [0.15, 0.2) is 71.8 Å². The van der Waals surface area contributed by atoms with E-state index in [-0.39, 0.29) is 18.0 Å². The van der Waals surface area contributed by atoms with Crippen molar-refractivity contribution in [2.45, 2.75) is 6.61 Å². The van der Waals surface area contributed by atoms with Gasteiger partial charge >= 0.3 is 0 Å². The molecule has 0 aliphatic heterocycles. The number of hydrogen-bond donors (Lipinski definition) is 1. The van der Waals surface area contributed by atoms with Crippen molar-refractivity contribution in [3.05, 3.63) is 95.1 Å². The molecule has 3 aromatic carbocycles. The van der Waals surface area contributed by atoms with Crippen LogP contribution in [-0.4, -0.2) is 19.2 Å². The number of ether oxygens (including phenoxy) is 2. The molecular formula is C22H18F2N2O3. The van der Waals surface area contributed by atoms with Crippen LogP contribution in [0.2, 0.25) is 0 Å². The highest BCUT2D eigenvalue weighted by Crippen LogP contribution is 2.28. The summed E-state index contributed by atoms with van der Waals surface area (Å²) in [7, 11) is 1.51. The van der Waals surface area contributed by atoms with Gasteiger partial charge in [0.2, 0.25) is 0 Å². The predicted molar refractivity (Wildman–Crippen MR) is 105 cm³/mol. The first-order valence-electron chi connectivity index (χ1n) is 8.69. The smallest absolute Gasteiger partial charge is 0.271 e. The van der Waals surface area contributed by atoms with E-state index in [4.69, 9.17) is 9.47 Å². The summed E-state index contributed by atoms with van der Waals surface area (Å²) < 4.78 is 37.2. The van der Waals surface area contributed by atoms with E-state index in [0.29, 0.717) is 17.1 Å². The van der Waals surface area contributed by atoms with Crippen molar-refractivity contribution in [1.29, 1.82) is 0 Å². The molecule has 0 saturated carbocycles. The Morgan fingerprint density at radius 3 is 2.52 bits per heavy atom. The monoisotopic (exact) mass is 396 g/mol. The first-order chi connectivity index (χ1) is 14.0. The number of amides is 1. The minimum Gasteiger partial charge on any atom is -0.493 e. The Hall–Kier alpha value is -3.74. The summed E-state index contributed by atoms with van der Waals surface area (Å²) in [6.45, 7) is 0.258. The van der Waals surface area contributed by atoms with Crippen LogP contribution in [0.1, 0.15) is 21.5 Å². The third-order valence-electron chi connectivity index (χ3n) is 3.96. The number of benzene rings is 3. The summed E-state index contributed by atoms with van der Waals surface area (Å²) in [5.41, 5.74) is 3.99. The average Bonchev–Trinajstić information content (AvgIpc) is 2.73. The van der Waals surface area contributed by atoms with Crippen LogP contribution in [0.25, 0.3) is 0 Å². The number of carbonyl (C=O) groups excluding carboxylic acids is 1. The van der Waals surface area contributed by atoms with Gasteiger partial charge in [-0.3, -0.25) is 4.79 Å². The standard InChI is InChI=1S/C22H18F2N2O3/c1-28-21-11-16(13-25-26-22(27)17-3-2-4-19(24)12-17)7-10-20(21)29-14-15-5-8-18(23)9-6-15/h2-13H,14H2,1H3,(H,26,27)/b25-13-. The fourth-order valence-corrected chi connectivity index (χ4v) is 2.49. The second-order valence-electron chi connectivity index (χ2n) is 6.03. The number of rotatable bonds is 7. The number of nitrogens with one attached hydrogen (secondary N) is 1. The van der Waals surface area contributed by atoms with Crippen LogP contribution in [0, 0.1) is 11.6 Å². The van der Waals surface area contributed by atoms with Gasteiger partial charge in [-0.1, -0.05) is 18.2 Å². The Morgan fingerprint density at radius 1 is 1.00 bits per heavy atom. The average molecular weight is 396 g/mol. The molecule has 0 bridgehead atoms. The SMILES string of the molecule is COc1cc(/C=N\NC(=O)c2cccc(F)c2)ccc1OCc1ccc(F)cc1. The molecule has 0 unspecified atom stereocenters. The van der Waals surface area contributed by atoms with Crippen molar-refractivity contribution in [2.24, 2.45) is 5.10 Å². The van der Waals surface area contributed by atoms with E-state index in [9.17, 15) is 13.6 Å². The fraction of sp³-hybridized carbons (Fsp3) is 0.0909. The molecule has 1 N–H and O–H groups in total. The molecule has 0 aromatic heterocycles. The molecule has 7 heteroatoms. The van der Waals surface area contributed by atoms with Crippen LogP contribution in [-0.2, 0) is 6.61 Å². The van der Waals surface area contributed by atoms with Crippen molar-refractivity contribution in [3.63, 3.8) is 0 Å². The van der Waals surface area contributed by atoms with Crippen molar-refractivity contribution >= 4 is 12.1 Å². The molecule has 5 nitrogen and oxygen atoms in total. The Kier molecular flexibility index (Phi) is 6.52. The van der Waals surface area contributed by atoms with Gasteiger partial charge in [0.25, 0.3) is 5.91 Å². The highest BCUT2D eigenvalue weighted by Gasteiger charge is 2.07. The Bertz CT molecular complexity index is 1020. The van der Waals surface area contributed by atoms with E-state index in [1.165, 1.54) is 43.7 Å². The zero-order valence-electron chi connectivity index (χ0n) is 15.6. The van der Waals surface area contributed by atoms with Crippen LogP contribution in [0.3, 0.4) is 0 Å². The van der Waals surface area contributed by atoms with Gasteiger partial charge in [-0.25, -0.2) is 14.2 Å². The summed E-state index contributed by atoms with van der Waals surface area (Å²) in [5.74, 6) is -0.334. The summed E-state index contributed by atoms with van der Waals surface area (Å²) in [5, 5.41) is 3.88. The summed E-state index contributed by atoms with van der Waals surface area (Å²) in [4.78, 5) is 11.9. The Morgan fingerprint density at radius 2 is 1.79 bits per heavy atom. The zero-order chi connectivity index (χ0) is 20.6. The van der Waals surface area contributed by atoms with E-state index in [1.54, 1.807) is 30.3 Å². The first kappa shape index (κ1) is 20.0. The van der Waals surface area contributed by atoms with Crippen molar-refractivity contribution < 1.29 is 23.0 Å². The van der Waals surface area contributed by atoms with Gasteiger partial charge < -0.3 is 9.47 Å². The van der Waals surface area contributed by atoms with Gasteiger partial charge in [0, 0.05) is 5.56 Å². The molecule has 0 heterocycles. The molecule has 3 rings (SSSR count). The number of hydrazone groups is 1. The molecule has 0 fully saturated rings. The van der Waals surface area contributed by atoms with Crippen molar-refractivity contribution in [2.75, 3.05) is 7.11 Å². The third-order valence-corrected chi connectivity index (χ3v) is 3.96. The maximum Gasteiger partial charge on any atom is 0.271 e. The number of nitrogens with zero attached hydrogens (tertiary/aromatic N) is 1. The molecule has 0 radical (unpaired) electrons. The lowest BCUT2D eigenvalue weighted by molar-refractivity contribution is 0.0954. The third kappa shape index (κ3) is 5.62. The molecule has 29 heavy (non-hydrogen) atoms. The number of hydrogen-bond acceptors (Lipinski definition) is 4. The lowest BCUT2D eigenvalue weighted by Gasteiger charge is -2.11. The second-order valence-corrected chi connectivity index (χ2v) is 6.03. The van der Waals surface area contributed by atoms with Crippen LogP contribution in [0.5, 0.6) is 11.5 Å². The van der Waals surface area contributed by atoms with E-state index < -0.39 is 11.7 Å². The number of halogens is 2. The van der Waals surface area contributed by atoms with Gasteiger partial charge in [-0.15, -0.1) is 0 Å². The molecule has 0 aliphatic rings. The molecule has 1 amide bonds. The van der Waals surface area contributed by atoms with Crippen LogP contribution >= 0.6 is 0 Å². The van der Waals surface area contributed by atoms with Gasteiger partial charge in [-0.2, -0.15) is 5.10 Å². The Labute approximate surface area is 166 Å².